The van der Waals surface area contributed by atoms with Gasteiger partial charge in [-0.25, -0.2) is 0 Å². The van der Waals surface area contributed by atoms with Crippen LogP contribution in [0.4, 0.5) is 5.69 Å². The first-order valence-corrected chi connectivity index (χ1v) is 8.72. The van der Waals surface area contributed by atoms with Crippen molar-refractivity contribution in [3.05, 3.63) is 64.2 Å². The molecular weight excluding hydrogens is 336 g/mol. The zero-order chi connectivity index (χ0) is 18.1. The molecule has 2 aromatic rings. The van der Waals surface area contributed by atoms with Crippen molar-refractivity contribution in [1.82, 2.24) is 4.90 Å². The number of carbonyl (C=O) groups is 2. The highest BCUT2D eigenvalue weighted by Gasteiger charge is 2.35. The molecule has 0 bridgehead atoms. The van der Waals surface area contributed by atoms with Gasteiger partial charge in [-0.1, -0.05) is 35.9 Å². The summed E-state index contributed by atoms with van der Waals surface area (Å²) in [5.74, 6) is -0.186. The molecule has 0 saturated carbocycles. The second kappa shape index (κ2) is 6.89. The Morgan fingerprint density at radius 2 is 1.80 bits per heavy atom. The second-order valence-electron chi connectivity index (χ2n) is 6.41. The molecule has 1 saturated heterocycles. The maximum Gasteiger partial charge on any atom is 0.254 e. The van der Waals surface area contributed by atoms with Crippen molar-refractivity contribution in [2.45, 2.75) is 26.8 Å². The van der Waals surface area contributed by atoms with Crippen molar-refractivity contribution in [2.75, 3.05) is 18.0 Å². The quantitative estimate of drug-likeness (QED) is 0.820. The fraction of sp³-hybridized carbons (Fsp3) is 0.300. The summed E-state index contributed by atoms with van der Waals surface area (Å²) in [5, 5.41) is 0.636. The summed E-state index contributed by atoms with van der Waals surface area (Å²) in [4.78, 5) is 29.1. The molecule has 1 heterocycles. The Labute approximate surface area is 153 Å². The lowest BCUT2D eigenvalue weighted by molar-refractivity contribution is -0.124. The largest absolute Gasteiger partial charge is 0.325 e. The molecule has 1 unspecified atom stereocenters. The fourth-order valence-electron chi connectivity index (χ4n) is 3.12. The Morgan fingerprint density at radius 1 is 1.08 bits per heavy atom. The molecule has 4 nitrogen and oxygen atoms in total. The number of piperazine rings is 1. The summed E-state index contributed by atoms with van der Waals surface area (Å²) in [5.41, 5.74) is 3.31. The number of rotatable bonds is 2. The summed E-state index contributed by atoms with van der Waals surface area (Å²) in [6.45, 7) is 6.56. The molecule has 25 heavy (non-hydrogen) atoms. The highest BCUT2D eigenvalue weighted by molar-refractivity contribution is 6.31. The van der Waals surface area contributed by atoms with Crippen LogP contribution in [0.3, 0.4) is 0 Å². The van der Waals surface area contributed by atoms with Crippen molar-refractivity contribution in [3.8, 4) is 0 Å². The molecule has 1 fully saturated rings. The molecule has 0 spiro atoms. The van der Waals surface area contributed by atoms with Gasteiger partial charge in [-0.05, 0) is 50.1 Å². The van der Waals surface area contributed by atoms with Gasteiger partial charge in [-0.2, -0.15) is 0 Å². The van der Waals surface area contributed by atoms with Crippen molar-refractivity contribution in [2.24, 2.45) is 0 Å². The summed E-state index contributed by atoms with van der Waals surface area (Å²) < 4.78 is 0. The summed E-state index contributed by atoms with van der Waals surface area (Å²) >= 11 is 6.19. The lowest BCUT2D eigenvalue weighted by atomic mass is 10.0. The predicted molar refractivity (Wildman–Crippen MR) is 100 cm³/mol. The molecule has 1 aliphatic rings. The minimum absolute atomic E-state index is 0.0897. The minimum atomic E-state index is -0.513. The van der Waals surface area contributed by atoms with Crippen molar-refractivity contribution < 1.29 is 9.59 Å². The molecule has 0 aromatic heterocycles. The third kappa shape index (κ3) is 3.27. The maximum absolute atomic E-state index is 12.9. The topological polar surface area (TPSA) is 40.6 Å². The number of amides is 2. The van der Waals surface area contributed by atoms with Crippen LogP contribution < -0.4 is 4.90 Å². The second-order valence-corrected chi connectivity index (χ2v) is 6.82. The van der Waals surface area contributed by atoms with Gasteiger partial charge < -0.3 is 9.80 Å². The van der Waals surface area contributed by atoms with E-state index in [4.69, 9.17) is 11.6 Å². The number of halogens is 1. The monoisotopic (exact) mass is 356 g/mol. The van der Waals surface area contributed by atoms with Crippen LogP contribution in [0.25, 0.3) is 0 Å². The van der Waals surface area contributed by atoms with Crippen molar-refractivity contribution in [1.29, 1.82) is 0 Å². The van der Waals surface area contributed by atoms with Crippen LogP contribution in [0.15, 0.2) is 42.5 Å². The van der Waals surface area contributed by atoms with Gasteiger partial charge in [0.2, 0.25) is 5.91 Å². The Balaban J connectivity index is 1.83. The molecule has 2 amide bonds. The summed E-state index contributed by atoms with van der Waals surface area (Å²) in [7, 11) is 0. The van der Waals surface area contributed by atoms with Crippen LogP contribution >= 0.6 is 11.6 Å². The van der Waals surface area contributed by atoms with Crippen molar-refractivity contribution >= 4 is 29.1 Å². The van der Waals surface area contributed by atoms with Gasteiger partial charge in [-0.3, -0.25) is 9.59 Å². The third-order valence-electron chi connectivity index (χ3n) is 4.76. The molecule has 5 heteroatoms. The van der Waals surface area contributed by atoms with E-state index in [2.05, 4.69) is 0 Å². The smallest absolute Gasteiger partial charge is 0.254 e. The first kappa shape index (κ1) is 17.5. The molecule has 130 valence electrons. The predicted octanol–water partition coefficient (Wildman–Crippen LogP) is 3.83. The van der Waals surface area contributed by atoms with Crippen LogP contribution in [0.1, 0.15) is 28.4 Å². The van der Waals surface area contributed by atoms with Gasteiger partial charge in [0.1, 0.15) is 6.04 Å². The molecular formula is C20H21ClN2O2. The van der Waals surface area contributed by atoms with Gasteiger partial charge in [0.05, 0.1) is 0 Å². The zero-order valence-electron chi connectivity index (χ0n) is 14.6. The number of anilines is 1. The fourth-order valence-corrected chi connectivity index (χ4v) is 3.30. The Bertz CT molecular complexity index is 834. The molecule has 1 atom stereocenters. The molecule has 3 rings (SSSR count). The molecule has 0 N–H and O–H groups in total. The average molecular weight is 357 g/mol. The van der Waals surface area contributed by atoms with Crippen molar-refractivity contribution in [3.63, 3.8) is 0 Å². The van der Waals surface area contributed by atoms with E-state index < -0.39 is 6.04 Å². The number of aryl methyl sites for hydroxylation is 2. The average Bonchev–Trinajstić information content (AvgIpc) is 2.60. The van der Waals surface area contributed by atoms with Gasteiger partial charge >= 0.3 is 0 Å². The number of nitrogens with zero attached hydrogens (tertiary/aromatic N) is 2. The van der Waals surface area contributed by atoms with Gasteiger partial charge in [0.25, 0.3) is 5.91 Å². The Hall–Kier alpha value is -2.33. The van der Waals surface area contributed by atoms with E-state index in [1.165, 1.54) is 0 Å². The standard InChI is InChI=1S/C20H21ClN2O2/c1-13-6-4-5-7-17(13)20(25)22-10-11-23(19(24)15(22)3)16-9-8-14(2)18(21)12-16/h4-9,12,15H,10-11H2,1-3H3. The SMILES string of the molecule is Cc1ccc(N2CCN(C(=O)c3ccccc3C)C(C)C2=O)cc1Cl. The molecule has 0 aliphatic carbocycles. The highest BCUT2D eigenvalue weighted by atomic mass is 35.5. The zero-order valence-corrected chi connectivity index (χ0v) is 15.4. The summed E-state index contributed by atoms with van der Waals surface area (Å²) in [6, 6.07) is 12.6. The normalized spacial score (nSPS) is 17.8. The third-order valence-corrected chi connectivity index (χ3v) is 5.17. The van der Waals surface area contributed by atoms with E-state index in [-0.39, 0.29) is 11.8 Å². The van der Waals surface area contributed by atoms with E-state index in [0.717, 1.165) is 16.8 Å². The van der Waals surface area contributed by atoms with Crippen LogP contribution in [-0.2, 0) is 4.79 Å². The lowest BCUT2D eigenvalue weighted by Gasteiger charge is -2.39. The number of hydrogen-bond acceptors (Lipinski definition) is 2. The molecule has 0 radical (unpaired) electrons. The van der Waals surface area contributed by atoms with E-state index in [0.29, 0.717) is 23.7 Å². The minimum Gasteiger partial charge on any atom is -0.325 e. The van der Waals surface area contributed by atoms with E-state index in [1.54, 1.807) is 28.9 Å². The molecule has 1 aliphatic heterocycles. The summed E-state index contributed by atoms with van der Waals surface area (Å²) in [6.07, 6.45) is 0. The molecule has 2 aromatic carbocycles. The van der Waals surface area contributed by atoms with Crippen LogP contribution in [-0.4, -0.2) is 35.8 Å². The van der Waals surface area contributed by atoms with Gasteiger partial charge in [0.15, 0.2) is 0 Å². The Morgan fingerprint density at radius 3 is 2.48 bits per heavy atom. The van der Waals surface area contributed by atoms with Crippen LogP contribution in [0.2, 0.25) is 5.02 Å². The lowest BCUT2D eigenvalue weighted by Crippen LogP contribution is -2.57. The number of hydrogen-bond donors (Lipinski definition) is 0. The van der Waals surface area contributed by atoms with Gasteiger partial charge in [-0.15, -0.1) is 0 Å². The van der Waals surface area contributed by atoms with E-state index >= 15 is 0 Å². The van der Waals surface area contributed by atoms with E-state index in [9.17, 15) is 9.59 Å². The van der Waals surface area contributed by atoms with Crippen LogP contribution in [0, 0.1) is 13.8 Å². The maximum atomic E-state index is 12.9. The van der Waals surface area contributed by atoms with Crippen LogP contribution in [0.5, 0.6) is 0 Å². The number of benzene rings is 2. The first-order chi connectivity index (χ1) is 11.9. The Kier molecular flexibility index (Phi) is 4.82. The highest BCUT2D eigenvalue weighted by Crippen LogP contribution is 2.26. The number of carbonyl (C=O) groups excluding carboxylic acids is 2. The first-order valence-electron chi connectivity index (χ1n) is 8.34. The van der Waals surface area contributed by atoms with Gasteiger partial charge in [0, 0.05) is 29.4 Å². The van der Waals surface area contributed by atoms with E-state index in [1.807, 2.05) is 44.2 Å².